The van der Waals surface area contributed by atoms with Crippen molar-refractivity contribution in [3.8, 4) is 0 Å². The van der Waals surface area contributed by atoms with E-state index in [2.05, 4.69) is 55.1 Å². The summed E-state index contributed by atoms with van der Waals surface area (Å²) in [6, 6.07) is 8.72. The fourth-order valence-corrected chi connectivity index (χ4v) is 3.81. The van der Waals surface area contributed by atoms with Crippen LogP contribution in [0.2, 0.25) is 0 Å². The van der Waals surface area contributed by atoms with Gasteiger partial charge in [-0.1, -0.05) is 24.3 Å². The molecule has 1 aromatic rings. The van der Waals surface area contributed by atoms with Gasteiger partial charge in [-0.3, -0.25) is 4.90 Å². The fraction of sp³-hybridized carbons (Fsp3) is 0.667. The molecule has 0 N–H and O–H groups in total. The van der Waals surface area contributed by atoms with Gasteiger partial charge in [0.15, 0.2) is 0 Å². The summed E-state index contributed by atoms with van der Waals surface area (Å²) in [5, 5.41) is 0. The summed E-state index contributed by atoms with van der Waals surface area (Å²) >= 11 is 0. The molecule has 0 aliphatic carbocycles. The first kappa shape index (κ1) is 15.0. The highest BCUT2D eigenvalue weighted by Crippen LogP contribution is 2.42. The Morgan fingerprint density at radius 3 is 2.76 bits per heavy atom. The van der Waals surface area contributed by atoms with Crippen LogP contribution in [0.15, 0.2) is 24.3 Å². The van der Waals surface area contributed by atoms with E-state index in [1.54, 1.807) is 0 Å². The van der Waals surface area contributed by atoms with Crippen molar-refractivity contribution >= 4 is 0 Å². The van der Waals surface area contributed by atoms with Gasteiger partial charge in [-0.15, -0.1) is 0 Å². The van der Waals surface area contributed by atoms with Gasteiger partial charge in [0.25, 0.3) is 0 Å². The van der Waals surface area contributed by atoms with E-state index >= 15 is 0 Å². The molecule has 0 saturated carbocycles. The Bertz CT molecular complexity index is 480. The van der Waals surface area contributed by atoms with Crippen LogP contribution < -0.4 is 0 Å². The lowest BCUT2D eigenvalue weighted by Gasteiger charge is -2.50. The SMILES string of the molecule is Cc1ccccc1CN1CC2(C1)OCC[C@H]2CCN(C)C. The van der Waals surface area contributed by atoms with Crippen molar-refractivity contribution in [3.63, 3.8) is 0 Å². The van der Waals surface area contributed by atoms with E-state index in [1.807, 2.05) is 0 Å². The maximum absolute atomic E-state index is 6.16. The van der Waals surface area contributed by atoms with Crippen molar-refractivity contribution in [2.45, 2.75) is 31.9 Å². The zero-order valence-corrected chi connectivity index (χ0v) is 13.6. The molecule has 2 fully saturated rings. The lowest BCUT2D eigenvalue weighted by atomic mass is 9.78. The minimum atomic E-state index is 0.165. The van der Waals surface area contributed by atoms with Crippen molar-refractivity contribution < 1.29 is 4.74 Å². The maximum atomic E-state index is 6.16. The van der Waals surface area contributed by atoms with E-state index in [9.17, 15) is 0 Å². The Hall–Kier alpha value is -0.900. The first-order valence-corrected chi connectivity index (χ1v) is 8.15. The summed E-state index contributed by atoms with van der Waals surface area (Å²) in [5.74, 6) is 0.744. The molecule has 2 saturated heterocycles. The monoisotopic (exact) mass is 288 g/mol. The number of aryl methyl sites for hydroxylation is 1. The third-order valence-corrected chi connectivity index (χ3v) is 5.16. The Balaban J connectivity index is 1.55. The van der Waals surface area contributed by atoms with Crippen LogP contribution in [0.5, 0.6) is 0 Å². The average Bonchev–Trinajstić information content (AvgIpc) is 2.82. The van der Waals surface area contributed by atoms with Gasteiger partial charge in [0.2, 0.25) is 0 Å². The highest BCUT2D eigenvalue weighted by Gasteiger charge is 2.52. The van der Waals surface area contributed by atoms with Gasteiger partial charge >= 0.3 is 0 Å². The quantitative estimate of drug-likeness (QED) is 0.828. The average molecular weight is 288 g/mol. The Morgan fingerprint density at radius 2 is 2.05 bits per heavy atom. The lowest BCUT2D eigenvalue weighted by molar-refractivity contribution is -0.137. The smallest absolute Gasteiger partial charge is 0.0964 e. The minimum absolute atomic E-state index is 0.165. The van der Waals surface area contributed by atoms with E-state index in [1.165, 1.54) is 30.5 Å². The topological polar surface area (TPSA) is 15.7 Å². The summed E-state index contributed by atoms with van der Waals surface area (Å²) in [6.07, 6.45) is 2.51. The molecule has 0 radical (unpaired) electrons. The number of nitrogens with zero attached hydrogens (tertiary/aromatic N) is 2. The molecule has 3 heteroatoms. The molecule has 0 unspecified atom stereocenters. The minimum Gasteiger partial charge on any atom is -0.372 e. The van der Waals surface area contributed by atoms with E-state index < -0.39 is 0 Å². The number of hydrogen-bond donors (Lipinski definition) is 0. The van der Waals surface area contributed by atoms with Crippen LogP contribution in [-0.4, -0.2) is 55.7 Å². The van der Waals surface area contributed by atoms with E-state index in [4.69, 9.17) is 4.74 Å². The van der Waals surface area contributed by atoms with E-state index in [0.29, 0.717) is 0 Å². The number of rotatable bonds is 5. The predicted octanol–water partition coefficient (Wildman–Crippen LogP) is 2.54. The molecule has 21 heavy (non-hydrogen) atoms. The summed E-state index contributed by atoms with van der Waals surface area (Å²) < 4.78 is 6.16. The molecular weight excluding hydrogens is 260 g/mol. The van der Waals surface area contributed by atoms with E-state index in [-0.39, 0.29) is 5.60 Å². The van der Waals surface area contributed by atoms with Crippen molar-refractivity contribution in [2.24, 2.45) is 5.92 Å². The van der Waals surface area contributed by atoms with Crippen LogP contribution in [0.1, 0.15) is 24.0 Å². The first-order chi connectivity index (χ1) is 10.1. The van der Waals surface area contributed by atoms with Gasteiger partial charge in [-0.2, -0.15) is 0 Å². The molecule has 0 aromatic heterocycles. The molecule has 116 valence electrons. The van der Waals surface area contributed by atoms with Crippen molar-refractivity contribution in [3.05, 3.63) is 35.4 Å². The third-order valence-electron chi connectivity index (χ3n) is 5.16. The highest BCUT2D eigenvalue weighted by atomic mass is 16.5. The molecule has 0 bridgehead atoms. The number of hydrogen-bond acceptors (Lipinski definition) is 3. The number of benzene rings is 1. The van der Waals surface area contributed by atoms with Crippen molar-refractivity contribution in [1.82, 2.24) is 9.80 Å². The van der Waals surface area contributed by atoms with E-state index in [0.717, 1.165) is 32.2 Å². The van der Waals surface area contributed by atoms with Crippen LogP contribution in [0, 0.1) is 12.8 Å². The van der Waals surface area contributed by atoms with Gasteiger partial charge < -0.3 is 9.64 Å². The molecular formula is C18H28N2O. The first-order valence-electron chi connectivity index (χ1n) is 8.15. The summed E-state index contributed by atoms with van der Waals surface area (Å²) in [4.78, 5) is 4.83. The van der Waals surface area contributed by atoms with Gasteiger partial charge in [-0.05, 0) is 57.5 Å². The Kier molecular flexibility index (Phi) is 4.34. The van der Waals surface area contributed by atoms with Crippen LogP contribution in [0.4, 0.5) is 0 Å². The normalized spacial score (nSPS) is 24.7. The van der Waals surface area contributed by atoms with Gasteiger partial charge in [0.05, 0.1) is 5.60 Å². The summed E-state index contributed by atoms with van der Waals surface area (Å²) in [6.45, 7) is 7.62. The molecule has 3 nitrogen and oxygen atoms in total. The molecule has 1 atom stereocenters. The molecule has 0 amide bonds. The molecule has 2 aliphatic rings. The van der Waals surface area contributed by atoms with Gasteiger partial charge in [-0.25, -0.2) is 0 Å². The standard InChI is InChI=1S/C18H28N2O/c1-15-6-4-5-7-16(15)12-20-13-18(14-20)17(9-11-21-18)8-10-19(2)3/h4-7,17H,8-14H2,1-3H3/t17-/m1/s1. The van der Waals surface area contributed by atoms with Crippen LogP contribution >= 0.6 is 0 Å². The molecule has 1 aromatic carbocycles. The van der Waals surface area contributed by atoms with Crippen LogP contribution in [0.3, 0.4) is 0 Å². The van der Waals surface area contributed by atoms with Crippen molar-refractivity contribution in [2.75, 3.05) is 40.3 Å². The van der Waals surface area contributed by atoms with Crippen molar-refractivity contribution in [1.29, 1.82) is 0 Å². The zero-order valence-electron chi connectivity index (χ0n) is 13.6. The molecule has 2 heterocycles. The zero-order chi connectivity index (χ0) is 14.9. The van der Waals surface area contributed by atoms with Gasteiger partial charge in [0, 0.05) is 26.2 Å². The second-order valence-electron chi connectivity index (χ2n) is 7.06. The summed E-state index contributed by atoms with van der Waals surface area (Å²) in [7, 11) is 4.32. The lowest BCUT2D eigenvalue weighted by Crippen LogP contribution is -2.64. The molecule has 2 aliphatic heterocycles. The second kappa shape index (κ2) is 6.07. The summed E-state index contributed by atoms with van der Waals surface area (Å²) in [5.41, 5.74) is 3.02. The van der Waals surface area contributed by atoms with Gasteiger partial charge in [0.1, 0.15) is 0 Å². The molecule has 3 rings (SSSR count). The fourth-order valence-electron chi connectivity index (χ4n) is 3.81. The maximum Gasteiger partial charge on any atom is 0.0964 e. The predicted molar refractivity (Wildman–Crippen MR) is 86.4 cm³/mol. The molecule has 1 spiro atoms. The number of likely N-dealkylation sites (tertiary alicyclic amines) is 1. The Labute approximate surface area is 128 Å². The Morgan fingerprint density at radius 1 is 1.29 bits per heavy atom. The van der Waals surface area contributed by atoms with Crippen LogP contribution in [0.25, 0.3) is 0 Å². The highest BCUT2D eigenvalue weighted by molar-refractivity contribution is 5.26. The van der Waals surface area contributed by atoms with Crippen LogP contribution in [-0.2, 0) is 11.3 Å². The number of ether oxygens (including phenoxy) is 1. The second-order valence-corrected chi connectivity index (χ2v) is 7.06. The largest absolute Gasteiger partial charge is 0.372 e. The third kappa shape index (κ3) is 3.15.